The molecule has 2 aromatic heterocycles. The van der Waals surface area contributed by atoms with Gasteiger partial charge in [-0.1, -0.05) is 0 Å². The molecule has 0 atom stereocenters. The Kier molecular flexibility index (Phi) is 4.08. The van der Waals surface area contributed by atoms with E-state index in [4.69, 9.17) is 5.73 Å². The van der Waals surface area contributed by atoms with E-state index in [1.165, 1.54) is 4.90 Å². The number of carbonyl (C=O) groups excluding carboxylic acids is 1. The number of nitrogen functional groups attached to an aromatic ring is 1. The summed E-state index contributed by atoms with van der Waals surface area (Å²) in [6.07, 6.45) is 5.23. The second kappa shape index (κ2) is 5.95. The number of rotatable bonds is 5. The molecule has 2 heterocycles. The van der Waals surface area contributed by atoms with Crippen LogP contribution in [0.2, 0.25) is 0 Å². The van der Waals surface area contributed by atoms with Gasteiger partial charge in [0.25, 0.3) is 0 Å². The molecule has 0 saturated heterocycles. The molecule has 106 valence electrons. The fourth-order valence-corrected chi connectivity index (χ4v) is 1.46. The van der Waals surface area contributed by atoms with Crippen molar-refractivity contribution in [3.8, 4) is 5.95 Å². The van der Waals surface area contributed by atoms with Crippen LogP contribution in [0.3, 0.4) is 0 Å². The second-order valence-electron chi connectivity index (χ2n) is 4.25. The highest BCUT2D eigenvalue weighted by Crippen LogP contribution is 2.06. The van der Waals surface area contributed by atoms with Gasteiger partial charge in [-0.15, -0.1) is 0 Å². The Labute approximate surface area is 115 Å². The van der Waals surface area contributed by atoms with Gasteiger partial charge in [0.05, 0.1) is 0 Å². The number of amides is 1. The van der Waals surface area contributed by atoms with Gasteiger partial charge < -0.3 is 16.0 Å². The van der Waals surface area contributed by atoms with Crippen molar-refractivity contribution in [1.29, 1.82) is 0 Å². The summed E-state index contributed by atoms with van der Waals surface area (Å²) in [4.78, 5) is 29.1. The van der Waals surface area contributed by atoms with Crippen molar-refractivity contribution in [3.05, 3.63) is 18.7 Å². The number of hydrogen-bond acceptors (Lipinski definition) is 7. The Morgan fingerprint density at radius 3 is 2.85 bits per heavy atom. The van der Waals surface area contributed by atoms with E-state index in [9.17, 15) is 4.79 Å². The maximum atomic E-state index is 11.4. The lowest BCUT2D eigenvalue weighted by molar-refractivity contribution is -0.128. The highest BCUT2D eigenvalue weighted by Gasteiger charge is 2.07. The standard InChI is InChI=1S/C11H16N8O/c1-18(2)8(20)3-4-14-10-15-9(12)16-11(17-10)19-6-5-13-7-19/h5-7H,3-4H2,1-2H3,(H3,12,14,15,16,17). The van der Waals surface area contributed by atoms with Gasteiger partial charge in [0.15, 0.2) is 0 Å². The molecule has 20 heavy (non-hydrogen) atoms. The molecular formula is C11H16N8O. The zero-order valence-electron chi connectivity index (χ0n) is 11.3. The molecule has 0 saturated carbocycles. The fraction of sp³-hybridized carbons (Fsp3) is 0.364. The first-order valence-corrected chi connectivity index (χ1v) is 6.00. The third-order valence-corrected chi connectivity index (χ3v) is 2.50. The third-order valence-electron chi connectivity index (χ3n) is 2.50. The first-order valence-electron chi connectivity index (χ1n) is 6.00. The quantitative estimate of drug-likeness (QED) is 0.758. The predicted molar refractivity (Wildman–Crippen MR) is 73.2 cm³/mol. The van der Waals surface area contributed by atoms with Crippen molar-refractivity contribution in [2.24, 2.45) is 0 Å². The molecule has 0 aromatic carbocycles. The number of aromatic nitrogens is 5. The maximum absolute atomic E-state index is 11.4. The van der Waals surface area contributed by atoms with Crippen molar-refractivity contribution in [2.45, 2.75) is 6.42 Å². The first kappa shape index (κ1) is 13.7. The summed E-state index contributed by atoms with van der Waals surface area (Å²) >= 11 is 0. The summed E-state index contributed by atoms with van der Waals surface area (Å²) in [6, 6.07) is 0. The van der Waals surface area contributed by atoms with Crippen LogP contribution in [-0.4, -0.2) is 56.0 Å². The molecule has 9 nitrogen and oxygen atoms in total. The molecule has 1 amide bonds. The largest absolute Gasteiger partial charge is 0.368 e. The van der Waals surface area contributed by atoms with Crippen molar-refractivity contribution < 1.29 is 4.79 Å². The highest BCUT2D eigenvalue weighted by atomic mass is 16.2. The van der Waals surface area contributed by atoms with Crippen LogP contribution in [0.5, 0.6) is 0 Å². The summed E-state index contributed by atoms with van der Waals surface area (Å²) in [7, 11) is 3.42. The van der Waals surface area contributed by atoms with Gasteiger partial charge in [-0.3, -0.25) is 9.36 Å². The van der Waals surface area contributed by atoms with E-state index in [1.54, 1.807) is 37.4 Å². The smallest absolute Gasteiger partial charge is 0.241 e. The number of nitrogens with zero attached hydrogens (tertiary/aromatic N) is 6. The Bertz CT molecular complexity index is 580. The van der Waals surface area contributed by atoms with E-state index < -0.39 is 0 Å². The Morgan fingerprint density at radius 2 is 2.20 bits per heavy atom. The molecule has 9 heteroatoms. The number of imidazole rings is 1. The monoisotopic (exact) mass is 276 g/mol. The number of hydrogen-bond donors (Lipinski definition) is 2. The number of nitrogens with one attached hydrogen (secondary N) is 1. The van der Waals surface area contributed by atoms with Crippen LogP contribution in [0, 0.1) is 0 Å². The molecule has 0 aliphatic heterocycles. The number of anilines is 2. The summed E-state index contributed by atoms with van der Waals surface area (Å²) < 4.78 is 1.62. The van der Waals surface area contributed by atoms with E-state index in [0.29, 0.717) is 24.9 Å². The number of nitrogens with two attached hydrogens (primary N) is 1. The molecule has 0 spiro atoms. The third kappa shape index (κ3) is 3.40. The molecule has 0 aliphatic carbocycles. The van der Waals surface area contributed by atoms with Gasteiger partial charge in [0.1, 0.15) is 6.33 Å². The van der Waals surface area contributed by atoms with Crippen LogP contribution in [0.25, 0.3) is 5.95 Å². The molecular weight excluding hydrogens is 260 g/mol. The lowest BCUT2D eigenvalue weighted by atomic mass is 10.4. The van der Waals surface area contributed by atoms with E-state index >= 15 is 0 Å². The number of carbonyl (C=O) groups is 1. The van der Waals surface area contributed by atoms with Gasteiger partial charge in [0, 0.05) is 39.5 Å². The van der Waals surface area contributed by atoms with E-state index in [-0.39, 0.29) is 11.9 Å². The highest BCUT2D eigenvalue weighted by molar-refractivity contribution is 5.75. The topological polar surface area (TPSA) is 115 Å². The van der Waals surface area contributed by atoms with Crippen LogP contribution in [-0.2, 0) is 4.79 Å². The van der Waals surface area contributed by atoms with Gasteiger partial charge in [-0.2, -0.15) is 15.0 Å². The lowest BCUT2D eigenvalue weighted by Crippen LogP contribution is -2.24. The van der Waals surface area contributed by atoms with Gasteiger partial charge >= 0.3 is 0 Å². The molecule has 0 aliphatic rings. The molecule has 0 radical (unpaired) electrons. The van der Waals surface area contributed by atoms with E-state index in [0.717, 1.165) is 0 Å². The van der Waals surface area contributed by atoms with Crippen molar-refractivity contribution in [1.82, 2.24) is 29.4 Å². The average molecular weight is 276 g/mol. The van der Waals surface area contributed by atoms with Crippen LogP contribution >= 0.6 is 0 Å². The Balaban J connectivity index is 2.04. The van der Waals surface area contributed by atoms with Crippen LogP contribution in [0.1, 0.15) is 6.42 Å². The van der Waals surface area contributed by atoms with E-state index in [2.05, 4.69) is 25.3 Å². The molecule has 0 unspecified atom stereocenters. The zero-order chi connectivity index (χ0) is 14.5. The molecule has 0 fully saturated rings. The molecule has 2 rings (SSSR count). The Hall–Kier alpha value is -2.71. The van der Waals surface area contributed by atoms with Crippen molar-refractivity contribution >= 4 is 17.8 Å². The zero-order valence-corrected chi connectivity index (χ0v) is 11.3. The van der Waals surface area contributed by atoms with E-state index in [1.807, 2.05) is 0 Å². The van der Waals surface area contributed by atoms with Crippen LogP contribution in [0.15, 0.2) is 18.7 Å². The minimum atomic E-state index is 0.0226. The summed E-state index contributed by atoms with van der Waals surface area (Å²) in [5, 5.41) is 2.95. The van der Waals surface area contributed by atoms with Crippen LogP contribution < -0.4 is 11.1 Å². The molecule has 3 N–H and O–H groups in total. The van der Waals surface area contributed by atoms with Crippen molar-refractivity contribution in [2.75, 3.05) is 31.7 Å². The summed E-state index contributed by atoms with van der Waals surface area (Å²) in [5.41, 5.74) is 5.63. The van der Waals surface area contributed by atoms with Gasteiger partial charge in [0.2, 0.25) is 23.8 Å². The average Bonchev–Trinajstić information content (AvgIpc) is 2.91. The summed E-state index contributed by atoms with van der Waals surface area (Å²) in [5.74, 6) is 0.823. The summed E-state index contributed by atoms with van der Waals surface area (Å²) in [6.45, 7) is 0.420. The minimum Gasteiger partial charge on any atom is -0.368 e. The van der Waals surface area contributed by atoms with Crippen LogP contribution in [0.4, 0.5) is 11.9 Å². The van der Waals surface area contributed by atoms with Gasteiger partial charge in [-0.25, -0.2) is 4.98 Å². The minimum absolute atomic E-state index is 0.0226. The normalized spacial score (nSPS) is 10.3. The van der Waals surface area contributed by atoms with Gasteiger partial charge in [-0.05, 0) is 0 Å². The maximum Gasteiger partial charge on any atom is 0.241 e. The van der Waals surface area contributed by atoms with Crippen molar-refractivity contribution in [3.63, 3.8) is 0 Å². The first-order chi connectivity index (χ1) is 9.56. The molecule has 2 aromatic rings. The predicted octanol–water partition coefficient (Wildman–Crippen LogP) is -0.470. The fourth-order valence-electron chi connectivity index (χ4n) is 1.46. The SMILES string of the molecule is CN(C)C(=O)CCNc1nc(N)nc(-n2ccnc2)n1. The second-order valence-corrected chi connectivity index (χ2v) is 4.25. The Morgan fingerprint density at radius 1 is 1.40 bits per heavy atom. The lowest BCUT2D eigenvalue weighted by Gasteiger charge is -2.11. The molecule has 0 bridgehead atoms.